The van der Waals surface area contributed by atoms with Crippen molar-refractivity contribution in [3.8, 4) is 0 Å². The molecule has 0 aromatic heterocycles. The fourth-order valence-corrected chi connectivity index (χ4v) is 3.30. The van der Waals surface area contributed by atoms with Gasteiger partial charge in [0.15, 0.2) is 0 Å². The Balaban J connectivity index is 1.53. The lowest BCUT2D eigenvalue weighted by molar-refractivity contribution is -0.0865. The topological polar surface area (TPSA) is 26.7 Å². The summed E-state index contributed by atoms with van der Waals surface area (Å²) in [5.41, 5.74) is 1.69. The first kappa shape index (κ1) is 15.8. The van der Waals surface area contributed by atoms with Gasteiger partial charge in [0.05, 0.1) is 0 Å². The van der Waals surface area contributed by atoms with Crippen molar-refractivity contribution in [2.75, 3.05) is 26.2 Å². The van der Waals surface area contributed by atoms with E-state index in [1.54, 1.807) is 0 Å². The molecule has 1 saturated heterocycles. The molecule has 118 valence electrons. The van der Waals surface area contributed by atoms with Crippen LogP contribution in [0.4, 0.5) is 0 Å². The lowest BCUT2D eigenvalue weighted by atomic mass is 10.0. The van der Waals surface area contributed by atoms with E-state index in [0.29, 0.717) is 12.3 Å². The van der Waals surface area contributed by atoms with Crippen molar-refractivity contribution in [3.63, 3.8) is 0 Å². The maximum absolute atomic E-state index is 10.7. The Labute approximate surface area is 137 Å². The summed E-state index contributed by atoms with van der Waals surface area (Å²) < 4.78 is 0. The Morgan fingerprint density at radius 1 is 1.00 bits per heavy atom. The van der Waals surface area contributed by atoms with Crippen LogP contribution in [0.1, 0.15) is 17.5 Å². The molecule has 2 aliphatic rings. The lowest BCUT2D eigenvalue weighted by Crippen LogP contribution is -2.56. The summed E-state index contributed by atoms with van der Waals surface area (Å²) in [4.78, 5) is 4.62. The SMILES string of the molecule is OC1(N2CCN(Cc3ccc(CCl)cc3)CC2)C=CC=CC1. The van der Waals surface area contributed by atoms with Crippen molar-refractivity contribution in [1.29, 1.82) is 0 Å². The third-order valence-electron chi connectivity index (χ3n) is 4.53. The zero-order valence-corrected chi connectivity index (χ0v) is 13.5. The van der Waals surface area contributed by atoms with Crippen molar-refractivity contribution >= 4 is 11.6 Å². The summed E-state index contributed by atoms with van der Waals surface area (Å²) in [6.45, 7) is 4.72. The molecule has 3 rings (SSSR count). The second kappa shape index (κ2) is 6.97. The molecule has 3 nitrogen and oxygen atoms in total. The van der Waals surface area contributed by atoms with Crippen molar-refractivity contribution in [2.45, 2.75) is 24.6 Å². The molecule has 1 unspecified atom stereocenters. The van der Waals surface area contributed by atoms with Gasteiger partial charge in [-0.1, -0.05) is 42.5 Å². The van der Waals surface area contributed by atoms with Gasteiger partial charge in [0.1, 0.15) is 5.72 Å². The van der Waals surface area contributed by atoms with E-state index in [1.807, 2.05) is 24.3 Å². The van der Waals surface area contributed by atoms with E-state index in [9.17, 15) is 5.11 Å². The van der Waals surface area contributed by atoms with Gasteiger partial charge in [0.2, 0.25) is 0 Å². The Morgan fingerprint density at radius 3 is 2.27 bits per heavy atom. The largest absolute Gasteiger partial charge is 0.372 e. The van der Waals surface area contributed by atoms with Crippen LogP contribution in [0.5, 0.6) is 0 Å². The van der Waals surface area contributed by atoms with Gasteiger partial charge in [-0.15, -0.1) is 11.6 Å². The number of piperazine rings is 1. The zero-order valence-electron chi connectivity index (χ0n) is 12.8. The van der Waals surface area contributed by atoms with Gasteiger partial charge in [-0.25, -0.2) is 0 Å². The molecule has 0 amide bonds. The Bertz CT molecular complexity index is 547. The fraction of sp³-hybridized carbons (Fsp3) is 0.444. The maximum Gasteiger partial charge on any atom is 0.141 e. The normalized spacial score (nSPS) is 26.5. The molecule has 4 heteroatoms. The van der Waals surface area contributed by atoms with E-state index < -0.39 is 5.72 Å². The number of aliphatic hydroxyl groups is 1. The van der Waals surface area contributed by atoms with E-state index >= 15 is 0 Å². The number of allylic oxidation sites excluding steroid dienone is 2. The van der Waals surface area contributed by atoms with Gasteiger partial charge in [0, 0.05) is 45.0 Å². The van der Waals surface area contributed by atoms with Crippen molar-refractivity contribution in [3.05, 3.63) is 59.7 Å². The van der Waals surface area contributed by atoms with Crippen LogP contribution in [0.15, 0.2) is 48.6 Å². The summed E-state index contributed by atoms with van der Waals surface area (Å²) in [6, 6.07) is 8.51. The third kappa shape index (κ3) is 3.61. The monoisotopic (exact) mass is 318 g/mol. The number of rotatable bonds is 4. The molecule has 1 atom stereocenters. The predicted molar refractivity (Wildman–Crippen MR) is 90.7 cm³/mol. The van der Waals surface area contributed by atoms with Crippen molar-refractivity contribution in [1.82, 2.24) is 9.80 Å². The van der Waals surface area contributed by atoms with Crippen LogP contribution < -0.4 is 0 Å². The van der Waals surface area contributed by atoms with Crippen molar-refractivity contribution < 1.29 is 5.11 Å². The first-order chi connectivity index (χ1) is 10.7. The highest BCUT2D eigenvalue weighted by molar-refractivity contribution is 6.17. The smallest absolute Gasteiger partial charge is 0.141 e. The van der Waals surface area contributed by atoms with Gasteiger partial charge in [0.25, 0.3) is 0 Å². The molecule has 0 spiro atoms. The second-order valence-corrected chi connectivity index (χ2v) is 6.35. The van der Waals surface area contributed by atoms with Crippen LogP contribution in [0.25, 0.3) is 0 Å². The molecular weight excluding hydrogens is 296 g/mol. The van der Waals surface area contributed by atoms with Gasteiger partial charge >= 0.3 is 0 Å². The number of benzene rings is 1. The zero-order chi connectivity index (χ0) is 15.4. The van der Waals surface area contributed by atoms with Crippen LogP contribution in [-0.4, -0.2) is 46.8 Å². The molecule has 22 heavy (non-hydrogen) atoms. The maximum atomic E-state index is 10.7. The number of halogens is 1. The van der Waals surface area contributed by atoms with Crippen molar-refractivity contribution in [2.24, 2.45) is 0 Å². The minimum Gasteiger partial charge on any atom is -0.372 e. The number of hydrogen-bond acceptors (Lipinski definition) is 3. The molecule has 1 aromatic rings. The minimum atomic E-state index is -0.789. The highest BCUT2D eigenvalue weighted by Gasteiger charge is 2.33. The number of hydrogen-bond donors (Lipinski definition) is 1. The first-order valence-corrected chi connectivity index (χ1v) is 8.41. The van der Waals surface area contributed by atoms with Gasteiger partial charge in [-0.3, -0.25) is 9.80 Å². The average molecular weight is 319 g/mol. The molecule has 0 bridgehead atoms. The summed E-state index contributed by atoms with van der Waals surface area (Å²) in [6.07, 6.45) is 8.56. The Kier molecular flexibility index (Phi) is 4.99. The number of alkyl halides is 1. The average Bonchev–Trinajstić information content (AvgIpc) is 2.57. The van der Waals surface area contributed by atoms with E-state index in [1.165, 1.54) is 5.56 Å². The van der Waals surface area contributed by atoms with Gasteiger partial charge in [-0.05, 0) is 17.2 Å². The van der Waals surface area contributed by atoms with Crippen LogP contribution in [0.3, 0.4) is 0 Å². The van der Waals surface area contributed by atoms with E-state index in [0.717, 1.165) is 38.3 Å². The molecule has 1 aliphatic carbocycles. The molecule has 1 N–H and O–H groups in total. The van der Waals surface area contributed by atoms with Gasteiger partial charge < -0.3 is 5.11 Å². The molecular formula is C18H23ClN2O. The Morgan fingerprint density at radius 2 is 1.68 bits per heavy atom. The molecule has 1 aromatic carbocycles. The fourth-order valence-electron chi connectivity index (χ4n) is 3.12. The van der Waals surface area contributed by atoms with Gasteiger partial charge in [-0.2, -0.15) is 0 Å². The lowest BCUT2D eigenvalue weighted by Gasteiger charge is -2.43. The van der Waals surface area contributed by atoms with Crippen LogP contribution in [0.2, 0.25) is 0 Å². The summed E-state index contributed by atoms with van der Waals surface area (Å²) in [5, 5.41) is 10.7. The van der Waals surface area contributed by atoms with Crippen LogP contribution in [-0.2, 0) is 12.4 Å². The second-order valence-electron chi connectivity index (χ2n) is 6.08. The first-order valence-electron chi connectivity index (χ1n) is 7.87. The summed E-state index contributed by atoms with van der Waals surface area (Å²) in [5.74, 6) is 0.569. The molecule has 0 radical (unpaired) electrons. The van der Waals surface area contributed by atoms with E-state index in [2.05, 4.69) is 34.1 Å². The van der Waals surface area contributed by atoms with Crippen LogP contribution in [0, 0.1) is 0 Å². The highest BCUT2D eigenvalue weighted by atomic mass is 35.5. The summed E-state index contributed by atoms with van der Waals surface area (Å²) in [7, 11) is 0. The molecule has 0 saturated carbocycles. The third-order valence-corrected chi connectivity index (χ3v) is 4.84. The Hall–Kier alpha value is -1.13. The highest BCUT2D eigenvalue weighted by Crippen LogP contribution is 2.24. The summed E-state index contributed by atoms with van der Waals surface area (Å²) >= 11 is 5.82. The van der Waals surface area contributed by atoms with Crippen LogP contribution >= 0.6 is 11.6 Å². The number of nitrogens with zero attached hydrogens (tertiary/aromatic N) is 2. The van der Waals surface area contributed by atoms with E-state index in [-0.39, 0.29) is 0 Å². The molecule has 1 fully saturated rings. The van der Waals surface area contributed by atoms with E-state index in [4.69, 9.17) is 11.6 Å². The standard InChI is InChI=1S/C18H23ClN2O/c19-14-16-4-6-17(7-5-16)15-20-10-12-21(13-11-20)18(22)8-2-1-3-9-18/h1-8,22H,9-15H2. The minimum absolute atomic E-state index is 0.569. The quantitative estimate of drug-likeness (QED) is 0.865. The molecule has 1 aliphatic heterocycles. The predicted octanol–water partition coefficient (Wildman–Crippen LogP) is 2.75. The molecule has 1 heterocycles.